The first-order chi connectivity index (χ1) is 9.10. The van der Waals surface area contributed by atoms with Crippen LogP contribution in [0.15, 0.2) is 16.5 Å². The zero-order chi connectivity index (χ0) is 13.8. The smallest absolute Gasteiger partial charge is 0.289 e. The Bertz CT molecular complexity index is 461. The zero-order valence-electron chi connectivity index (χ0n) is 11.3. The van der Waals surface area contributed by atoms with Gasteiger partial charge in [-0.2, -0.15) is 0 Å². The number of amides is 2. The maximum absolute atomic E-state index is 12.1. The Morgan fingerprint density at radius 2 is 1.95 bits per heavy atom. The molecule has 1 aliphatic heterocycles. The average Bonchev–Trinajstić information content (AvgIpc) is 2.85. The predicted molar refractivity (Wildman–Crippen MR) is 69.9 cm³/mol. The van der Waals surface area contributed by atoms with Crippen LogP contribution in [-0.4, -0.2) is 61.4 Å². The Labute approximate surface area is 112 Å². The number of furan rings is 1. The van der Waals surface area contributed by atoms with Gasteiger partial charge in [-0.15, -0.1) is 0 Å². The van der Waals surface area contributed by atoms with Gasteiger partial charge in [0.25, 0.3) is 5.91 Å². The van der Waals surface area contributed by atoms with Crippen molar-refractivity contribution in [1.29, 1.82) is 0 Å². The summed E-state index contributed by atoms with van der Waals surface area (Å²) < 4.78 is 5.34. The monoisotopic (exact) mass is 265 g/mol. The molecule has 6 nitrogen and oxygen atoms in total. The van der Waals surface area contributed by atoms with Gasteiger partial charge in [0.05, 0.1) is 6.54 Å². The lowest BCUT2D eigenvalue weighted by atomic mass is 10.3. The van der Waals surface area contributed by atoms with Crippen LogP contribution < -0.4 is 5.32 Å². The van der Waals surface area contributed by atoms with Gasteiger partial charge in [-0.25, -0.2) is 0 Å². The highest BCUT2D eigenvalue weighted by atomic mass is 16.3. The Balaban J connectivity index is 1.86. The Morgan fingerprint density at radius 1 is 1.26 bits per heavy atom. The van der Waals surface area contributed by atoms with E-state index in [1.165, 1.54) is 0 Å². The van der Waals surface area contributed by atoms with Crippen LogP contribution in [-0.2, 0) is 4.79 Å². The van der Waals surface area contributed by atoms with Gasteiger partial charge in [-0.1, -0.05) is 0 Å². The summed E-state index contributed by atoms with van der Waals surface area (Å²) in [5.74, 6) is 1.05. The van der Waals surface area contributed by atoms with Crippen LogP contribution in [0.4, 0.5) is 0 Å². The van der Waals surface area contributed by atoms with Crippen molar-refractivity contribution in [3.05, 3.63) is 23.7 Å². The fourth-order valence-electron chi connectivity index (χ4n) is 2.10. The molecule has 0 radical (unpaired) electrons. The third-order valence-corrected chi connectivity index (χ3v) is 3.26. The van der Waals surface area contributed by atoms with E-state index in [1.807, 2.05) is 11.8 Å². The Kier molecular flexibility index (Phi) is 4.21. The number of carbonyl (C=O) groups is 2. The number of piperazine rings is 1. The molecule has 1 aromatic heterocycles. The molecule has 2 rings (SSSR count). The molecule has 1 N–H and O–H groups in total. The second kappa shape index (κ2) is 5.88. The molecular weight excluding hydrogens is 246 g/mol. The molecule has 0 aromatic carbocycles. The van der Waals surface area contributed by atoms with Gasteiger partial charge >= 0.3 is 0 Å². The normalized spacial score (nSPS) is 16.4. The minimum atomic E-state index is -0.0762. The van der Waals surface area contributed by atoms with Crippen LogP contribution in [0.1, 0.15) is 16.3 Å². The van der Waals surface area contributed by atoms with Gasteiger partial charge < -0.3 is 14.6 Å². The molecule has 104 valence electrons. The van der Waals surface area contributed by atoms with Crippen molar-refractivity contribution in [2.24, 2.45) is 0 Å². The lowest BCUT2D eigenvalue weighted by molar-refractivity contribution is -0.122. The minimum absolute atomic E-state index is 0.00133. The first-order valence-corrected chi connectivity index (χ1v) is 6.39. The number of nitrogens with zero attached hydrogens (tertiary/aromatic N) is 2. The first kappa shape index (κ1) is 13.6. The summed E-state index contributed by atoms with van der Waals surface area (Å²) in [7, 11) is 1.63. The summed E-state index contributed by atoms with van der Waals surface area (Å²) >= 11 is 0. The number of hydrogen-bond acceptors (Lipinski definition) is 4. The molecule has 0 aliphatic carbocycles. The quantitative estimate of drug-likeness (QED) is 0.841. The molecule has 0 unspecified atom stereocenters. The van der Waals surface area contributed by atoms with Crippen LogP contribution in [0.2, 0.25) is 0 Å². The summed E-state index contributed by atoms with van der Waals surface area (Å²) in [5, 5.41) is 2.60. The molecule has 6 heteroatoms. The number of carbonyl (C=O) groups excluding carboxylic acids is 2. The molecule has 1 fully saturated rings. The van der Waals surface area contributed by atoms with Gasteiger partial charge in [-0.05, 0) is 19.1 Å². The zero-order valence-corrected chi connectivity index (χ0v) is 11.3. The third kappa shape index (κ3) is 3.35. The average molecular weight is 265 g/mol. The summed E-state index contributed by atoms with van der Waals surface area (Å²) in [4.78, 5) is 27.2. The number of aryl methyl sites for hydroxylation is 1. The fourth-order valence-corrected chi connectivity index (χ4v) is 2.10. The summed E-state index contributed by atoms with van der Waals surface area (Å²) in [5.41, 5.74) is 0. The predicted octanol–water partition coefficient (Wildman–Crippen LogP) is 0.0918. The maximum Gasteiger partial charge on any atom is 0.289 e. The Hall–Kier alpha value is -1.82. The lowest BCUT2D eigenvalue weighted by Crippen LogP contribution is -2.50. The molecule has 0 atom stereocenters. The molecule has 2 amide bonds. The molecule has 2 heterocycles. The molecule has 1 aromatic rings. The number of likely N-dealkylation sites (N-methyl/N-ethyl adjacent to an activating group) is 1. The van der Waals surface area contributed by atoms with E-state index in [0.717, 1.165) is 5.76 Å². The summed E-state index contributed by atoms with van der Waals surface area (Å²) in [6.45, 7) is 4.86. The van der Waals surface area contributed by atoms with E-state index in [9.17, 15) is 9.59 Å². The highest BCUT2D eigenvalue weighted by Crippen LogP contribution is 2.11. The van der Waals surface area contributed by atoms with Crippen LogP contribution in [0.5, 0.6) is 0 Å². The molecule has 1 aliphatic rings. The van der Waals surface area contributed by atoms with Crippen LogP contribution in [0.25, 0.3) is 0 Å². The first-order valence-electron chi connectivity index (χ1n) is 6.39. The van der Waals surface area contributed by atoms with E-state index < -0.39 is 0 Å². The molecule has 1 saturated heterocycles. The van der Waals surface area contributed by atoms with E-state index in [4.69, 9.17) is 4.42 Å². The number of nitrogens with one attached hydrogen (secondary N) is 1. The van der Waals surface area contributed by atoms with Crippen molar-refractivity contribution < 1.29 is 14.0 Å². The van der Waals surface area contributed by atoms with E-state index in [-0.39, 0.29) is 11.8 Å². The van der Waals surface area contributed by atoms with E-state index in [0.29, 0.717) is 38.5 Å². The van der Waals surface area contributed by atoms with E-state index in [2.05, 4.69) is 5.32 Å². The van der Waals surface area contributed by atoms with E-state index in [1.54, 1.807) is 24.1 Å². The van der Waals surface area contributed by atoms with Crippen LogP contribution in [0, 0.1) is 6.92 Å². The van der Waals surface area contributed by atoms with Crippen molar-refractivity contribution >= 4 is 11.8 Å². The third-order valence-electron chi connectivity index (χ3n) is 3.26. The highest BCUT2D eigenvalue weighted by Gasteiger charge is 2.24. The van der Waals surface area contributed by atoms with Crippen LogP contribution >= 0.6 is 0 Å². The van der Waals surface area contributed by atoms with Crippen molar-refractivity contribution in [2.75, 3.05) is 39.8 Å². The van der Waals surface area contributed by atoms with Gasteiger partial charge in [0.1, 0.15) is 5.76 Å². The molecular formula is C13H19N3O3. The van der Waals surface area contributed by atoms with Gasteiger partial charge in [0, 0.05) is 33.2 Å². The highest BCUT2D eigenvalue weighted by molar-refractivity contribution is 5.91. The van der Waals surface area contributed by atoms with Gasteiger partial charge in [0.15, 0.2) is 5.76 Å². The van der Waals surface area contributed by atoms with Gasteiger partial charge in [0.2, 0.25) is 5.91 Å². The molecule has 0 saturated carbocycles. The standard InChI is InChI=1S/C13H19N3O3/c1-10-3-4-11(19-10)13(18)16-7-5-15(6-8-16)9-12(17)14-2/h3-4H,5-9H2,1-2H3,(H,14,17). The van der Waals surface area contributed by atoms with Crippen molar-refractivity contribution in [1.82, 2.24) is 15.1 Å². The number of hydrogen-bond donors (Lipinski definition) is 1. The molecule has 0 bridgehead atoms. The summed E-state index contributed by atoms with van der Waals surface area (Å²) in [6.07, 6.45) is 0. The van der Waals surface area contributed by atoms with Crippen molar-refractivity contribution in [3.63, 3.8) is 0 Å². The largest absolute Gasteiger partial charge is 0.456 e. The van der Waals surface area contributed by atoms with Crippen molar-refractivity contribution in [3.8, 4) is 0 Å². The lowest BCUT2D eigenvalue weighted by Gasteiger charge is -2.33. The fraction of sp³-hybridized carbons (Fsp3) is 0.538. The molecule has 0 spiro atoms. The van der Waals surface area contributed by atoms with E-state index >= 15 is 0 Å². The molecule has 19 heavy (non-hydrogen) atoms. The minimum Gasteiger partial charge on any atom is -0.456 e. The SMILES string of the molecule is CNC(=O)CN1CCN(C(=O)c2ccc(C)o2)CC1. The summed E-state index contributed by atoms with van der Waals surface area (Å²) in [6, 6.07) is 3.49. The van der Waals surface area contributed by atoms with Crippen molar-refractivity contribution in [2.45, 2.75) is 6.92 Å². The second-order valence-electron chi connectivity index (χ2n) is 4.65. The topological polar surface area (TPSA) is 65.8 Å². The van der Waals surface area contributed by atoms with Crippen LogP contribution in [0.3, 0.4) is 0 Å². The van der Waals surface area contributed by atoms with Gasteiger partial charge in [-0.3, -0.25) is 14.5 Å². The Morgan fingerprint density at radius 3 is 2.47 bits per heavy atom. The maximum atomic E-state index is 12.1. The second-order valence-corrected chi connectivity index (χ2v) is 4.65. The number of rotatable bonds is 3.